The Morgan fingerprint density at radius 2 is 0.962 bits per heavy atom. The fraction of sp³-hybridized carbons (Fsp3) is 0.932. The summed E-state index contributed by atoms with van der Waals surface area (Å²) in [5.41, 5.74) is 5.36. The first-order valence-electron chi connectivity index (χ1n) is 22.7. The van der Waals surface area contributed by atoms with E-state index in [2.05, 4.69) is 26.0 Å². The molecule has 0 aliphatic heterocycles. The highest BCUT2D eigenvalue weighted by Crippen LogP contribution is 2.43. The molecule has 316 valence electrons. The smallest absolute Gasteiger partial charge is 0.457 e. The number of hydrogen-bond donors (Lipinski definition) is 2. The second kappa shape index (κ2) is 42.4. The molecule has 0 heterocycles. The lowest BCUT2D eigenvalue weighted by atomic mass is 10.0. The zero-order chi connectivity index (χ0) is 38.8. The molecule has 2 atom stereocenters. The number of carbonyl (C=O) groups excluding carboxylic acids is 1. The Morgan fingerprint density at radius 1 is 0.547 bits per heavy atom. The maximum atomic E-state index is 12.5. The first-order valence-corrected chi connectivity index (χ1v) is 24.2. The van der Waals surface area contributed by atoms with Gasteiger partial charge in [0, 0.05) is 19.6 Å². The van der Waals surface area contributed by atoms with Crippen LogP contribution in [0.2, 0.25) is 0 Å². The highest BCUT2D eigenvalue weighted by molar-refractivity contribution is 7.47. The maximum absolute atomic E-state index is 12.5. The van der Waals surface area contributed by atoms with E-state index >= 15 is 0 Å². The molecule has 8 nitrogen and oxygen atoms in total. The summed E-state index contributed by atoms with van der Waals surface area (Å²) in [5, 5.41) is 0. The number of allylic oxidation sites excluding steroid dienone is 2. The van der Waals surface area contributed by atoms with E-state index in [4.69, 9.17) is 24.3 Å². The Hall–Kier alpha value is -0.760. The molecule has 0 amide bonds. The van der Waals surface area contributed by atoms with Gasteiger partial charge < -0.3 is 20.1 Å². The number of esters is 1. The predicted octanol–water partition coefficient (Wildman–Crippen LogP) is 13.5. The van der Waals surface area contributed by atoms with Crippen LogP contribution in [0.1, 0.15) is 226 Å². The van der Waals surface area contributed by atoms with Crippen molar-refractivity contribution < 1.29 is 32.8 Å². The van der Waals surface area contributed by atoms with Crippen LogP contribution in [0, 0.1) is 0 Å². The largest absolute Gasteiger partial charge is 0.472 e. The van der Waals surface area contributed by atoms with Crippen LogP contribution in [0.3, 0.4) is 0 Å². The molecule has 53 heavy (non-hydrogen) atoms. The Labute approximate surface area is 328 Å². The summed E-state index contributed by atoms with van der Waals surface area (Å²) >= 11 is 0. The molecule has 0 aromatic carbocycles. The number of ether oxygens (including phenoxy) is 2. The van der Waals surface area contributed by atoms with Gasteiger partial charge in [0.25, 0.3) is 0 Å². The average molecular weight is 774 g/mol. The van der Waals surface area contributed by atoms with Crippen molar-refractivity contribution in [1.29, 1.82) is 0 Å². The first-order chi connectivity index (χ1) is 25.9. The molecule has 2 unspecified atom stereocenters. The zero-order valence-electron chi connectivity index (χ0n) is 35.0. The fourth-order valence-electron chi connectivity index (χ4n) is 6.57. The van der Waals surface area contributed by atoms with Crippen LogP contribution in [0.15, 0.2) is 12.2 Å². The van der Waals surface area contributed by atoms with Gasteiger partial charge in [0.15, 0.2) is 0 Å². The topological polar surface area (TPSA) is 117 Å². The van der Waals surface area contributed by atoms with Gasteiger partial charge in [-0.3, -0.25) is 13.8 Å². The van der Waals surface area contributed by atoms with Gasteiger partial charge in [-0.25, -0.2) is 4.57 Å². The SMILES string of the molecule is CCCC/C=C\CCCCCCCC(=O)OC(COCCCCCCCCCCCCCCCCCCCCCCCCC)COP(=O)(O)OCCN. The molecule has 0 saturated heterocycles. The van der Waals surface area contributed by atoms with Crippen molar-refractivity contribution in [2.24, 2.45) is 5.73 Å². The van der Waals surface area contributed by atoms with E-state index in [1.807, 2.05) is 0 Å². The number of carbonyl (C=O) groups is 1. The van der Waals surface area contributed by atoms with Gasteiger partial charge in [0.1, 0.15) is 6.10 Å². The normalized spacial score (nSPS) is 13.5. The molecule has 0 aliphatic rings. The van der Waals surface area contributed by atoms with Crippen LogP contribution in [0.5, 0.6) is 0 Å². The van der Waals surface area contributed by atoms with Gasteiger partial charge in [0.05, 0.1) is 19.8 Å². The Kier molecular flexibility index (Phi) is 41.8. The molecule has 0 fully saturated rings. The third-order valence-electron chi connectivity index (χ3n) is 9.93. The Balaban J connectivity index is 3.86. The molecule has 0 rings (SSSR count). The minimum absolute atomic E-state index is 0.0938. The number of phosphoric acid groups is 1. The van der Waals surface area contributed by atoms with Crippen LogP contribution in [0.25, 0.3) is 0 Å². The molecule has 0 aromatic heterocycles. The van der Waals surface area contributed by atoms with Gasteiger partial charge >= 0.3 is 13.8 Å². The third-order valence-corrected chi connectivity index (χ3v) is 10.9. The van der Waals surface area contributed by atoms with Crippen LogP contribution < -0.4 is 5.73 Å². The number of hydrogen-bond acceptors (Lipinski definition) is 7. The van der Waals surface area contributed by atoms with Gasteiger partial charge in [-0.15, -0.1) is 0 Å². The van der Waals surface area contributed by atoms with Gasteiger partial charge in [-0.1, -0.05) is 199 Å². The molecule has 0 saturated carbocycles. The monoisotopic (exact) mass is 774 g/mol. The predicted molar refractivity (Wildman–Crippen MR) is 224 cm³/mol. The lowest BCUT2D eigenvalue weighted by molar-refractivity contribution is -0.154. The van der Waals surface area contributed by atoms with Gasteiger partial charge in [0.2, 0.25) is 0 Å². The molecule has 0 aliphatic carbocycles. The summed E-state index contributed by atoms with van der Waals surface area (Å²) in [7, 11) is -4.27. The summed E-state index contributed by atoms with van der Waals surface area (Å²) in [6.07, 6.45) is 45.3. The minimum atomic E-state index is -4.27. The fourth-order valence-corrected chi connectivity index (χ4v) is 7.33. The maximum Gasteiger partial charge on any atom is 0.472 e. The van der Waals surface area contributed by atoms with Crippen LogP contribution in [-0.4, -0.2) is 49.9 Å². The number of phosphoric ester groups is 1. The van der Waals surface area contributed by atoms with Crippen molar-refractivity contribution in [3.8, 4) is 0 Å². The lowest BCUT2D eigenvalue weighted by Crippen LogP contribution is -2.28. The van der Waals surface area contributed by atoms with E-state index in [1.54, 1.807) is 0 Å². The zero-order valence-corrected chi connectivity index (χ0v) is 35.9. The highest BCUT2D eigenvalue weighted by Gasteiger charge is 2.25. The molecule has 3 N–H and O–H groups in total. The Morgan fingerprint density at radius 3 is 1.43 bits per heavy atom. The minimum Gasteiger partial charge on any atom is -0.457 e. The summed E-state index contributed by atoms with van der Waals surface area (Å²) in [6, 6.07) is 0. The summed E-state index contributed by atoms with van der Waals surface area (Å²) in [6.45, 7) is 4.92. The van der Waals surface area contributed by atoms with Gasteiger partial charge in [-0.05, 0) is 32.1 Å². The highest BCUT2D eigenvalue weighted by atomic mass is 31.2. The molecular formula is C44H88NO7P. The number of nitrogens with two attached hydrogens (primary N) is 1. The average Bonchev–Trinajstić information content (AvgIpc) is 3.15. The van der Waals surface area contributed by atoms with Crippen LogP contribution in [0.4, 0.5) is 0 Å². The van der Waals surface area contributed by atoms with Crippen LogP contribution in [-0.2, 0) is 27.9 Å². The quantitative estimate of drug-likeness (QED) is 0.0272. The van der Waals surface area contributed by atoms with Crippen molar-refractivity contribution in [1.82, 2.24) is 0 Å². The van der Waals surface area contributed by atoms with Crippen molar-refractivity contribution in [3.63, 3.8) is 0 Å². The Bertz CT molecular complexity index is 828. The summed E-state index contributed by atoms with van der Waals surface area (Å²) in [5.74, 6) is -0.337. The van der Waals surface area contributed by atoms with E-state index in [-0.39, 0.29) is 32.3 Å². The standard InChI is InChI=1S/C44H88NO7P/c1-3-5-7-9-11-13-15-16-17-18-19-20-21-22-23-24-25-26-28-30-32-34-36-39-49-41-43(42-51-53(47,48)50-40-38-45)52-44(46)37-35-33-31-29-27-14-12-10-8-6-4-2/h10,12,43H,3-9,11,13-42,45H2,1-2H3,(H,47,48)/b12-10-. The first kappa shape index (κ1) is 52.2. The van der Waals surface area contributed by atoms with E-state index < -0.39 is 13.9 Å². The molecular weight excluding hydrogens is 685 g/mol. The summed E-state index contributed by atoms with van der Waals surface area (Å²) < 4.78 is 33.4. The van der Waals surface area contributed by atoms with Gasteiger partial charge in [-0.2, -0.15) is 0 Å². The van der Waals surface area contributed by atoms with E-state index in [1.165, 1.54) is 161 Å². The second-order valence-electron chi connectivity index (χ2n) is 15.3. The van der Waals surface area contributed by atoms with E-state index in [0.29, 0.717) is 13.0 Å². The molecule has 0 radical (unpaired) electrons. The van der Waals surface area contributed by atoms with Crippen molar-refractivity contribution >= 4 is 13.8 Å². The van der Waals surface area contributed by atoms with E-state index in [9.17, 15) is 14.3 Å². The second-order valence-corrected chi connectivity index (χ2v) is 16.7. The van der Waals surface area contributed by atoms with E-state index in [0.717, 1.165) is 44.9 Å². The molecule has 0 aromatic rings. The molecule has 9 heteroatoms. The summed E-state index contributed by atoms with van der Waals surface area (Å²) in [4.78, 5) is 22.4. The number of rotatable bonds is 44. The van der Waals surface area contributed by atoms with Crippen molar-refractivity contribution in [3.05, 3.63) is 12.2 Å². The van der Waals surface area contributed by atoms with Crippen molar-refractivity contribution in [2.75, 3.05) is 33.0 Å². The van der Waals surface area contributed by atoms with Crippen molar-refractivity contribution in [2.45, 2.75) is 232 Å². The number of unbranched alkanes of at least 4 members (excludes halogenated alkanes) is 29. The molecule has 0 spiro atoms. The lowest BCUT2D eigenvalue weighted by Gasteiger charge is -2.20. The third kappa shape index (κ3) is 42.2. The van der Waals surface area contributed by atoms with Crippen LogP contribution >= 0.6 is 7.82 Å². The molecule has 0 bridgehead atoms.